The number of ketones is 1. The Morgan fingerprint density at radius 1 is 1.24 bits per heavy atom. The zero-order valence-corrected chi connectivity index (χ0v) is 14.6. The lowest BCUT2D eigenvalue weighted by Crippen LogP contribution is -2.02. The number of hydrogen-bond acceptors (Lipinski definition) is 5. The fourth-order valence-electron chi connectivity index (χ4n) is 2.47. The molecule has 0 aliphatic rings. The number of carbonyl (C=O) groups excluding carboxylic acids is 1. The first-order valence-corrected chi connectivity index (χ1v) is 7.91. The van der Waals surface area contributed by atoms with Gasteiger partial charge in [-0.1, -0.05) is 19.9 Å². The second-order valence-corrected chi connectivity index (χ2v) is 5.14. The topological polar surface area (TPSA) is 96.6 Å². The van der Waals surface area contributed by atoms with Crippen LogP contribution in [0.2, 0.25) is 0 Å². The lowest BCUT2D eigenvalue weighted by molar-refractivity contribution is 0.0696. The van der Waals surface area contributed by atoms with Crippen molar-refractivity contribution in [1.82, 2.24) is 14.6 Å². The average molecular weight is 340 g/mol. The summed E-state index contributed by atoms with van der Waals surface area (Å²) in [5.74, 6) is -0.543. The number of nitrogens with one attached hydrogen (secondary N) is 1. The molecule has 0 unspecified atom stereocenters. The maximum absolute atomic E-state index is 11.7. The molecule has 0 saturated carbocycles. The number of carbonyl (C=O) groups is 2. The van der Waals surface area contributed by atoms with Crippen LogP contribution in [-0.4, -0.2) is 31.5 Å². The van der Waals surface area contributed by atoms with Gasteiger partial charge in [-0.25, -0.2) is 14.3 Å². The van der Waals surface area contributed by atoms with E-state index in [1.807, 2.05) is 20.8 Å². The number of rotatable bonds is 4. The van der Waals surface area contributed by atoms with Crippen molar-refractivity contribution < 1.29 is 14.7 Å². The first kappa shape index (κ1) is 18.1. The molecule has 2 aromatic heterocycles. The predicted molar refractivity (Wildman–Crippen MR) is 95.8 cm³/mol. The van der Waals surface area contributed by atoms with Gasteiger partial charge in [-0.15, -0.1) is 0 Å². The zero-order valence-electron chi connectivity index (χ0n) is 14.6. The van der Waals surface area contributed by atoms with E-state index in [9.17, 15) is 9.59 Å². The monoisotopic (exact) mass is 340 g/mol. The first-order chi connectivity index (χ1) is 12.0. The van der Waals surface area contributed by atoms with Gasteiger partial charge in [0.25, 0.3) is 0 Å². The largest absolute Gasteiger partial charge is 0.478 e. The summed E-state index contributed by atoms with van der Waals surface area (Å²) in [6.07, 6.45) is 3.03. The lowest BCUT2D eigenvalue weighted by Gasteiger charge is -2.08. The summed E-state index contributed by atoms with van der Waals surface area (Å²) in [5.41, 5.74) is 2.80. The Kier molecular flexibility index (Phi) is 5.49. The van der Waals surface area contributed by atoms with Gasteiger partial charge >= 0.3 is 5.97 Å². The zero-order chi connectivity index (χ0) is 18.6. The summed E-state index contributed by atoms with van der Waals surface area (Å²) in [6.45, 7) is 7.33. The Morgan fingerprint density at radius 2 is 1.96 bits per heavy atom. The van der Waals surface area contributed by atoms with E-state index >= 15 is 0 Å². The Bertz CT molecular complexity index is 931. The van der Waals surface area contributed by atoms with E-state index < -0.39 is 5.97 Å². The van der Waals surface area contributed by atoms with Crippen LogP contribution in [0.25, 0.3) is 5.52 Å². The molecule has 1 aromatic carbocycles. The molecule has 0 bridgehead atoms. The van der Waals surface area contributed by atoms with Gasteiger partial charge < -0.3 is 10.4 Å². The fraction of sp³-hybridized carbons (Fsp3) is 0.222. The van der Waals surface area contributed by atoms with Crippen LogP contribution in [-0.2, 0) is 0 Å². The Morgan fingerprint density at radius 3 is 2.60 bits per heavy atom. The maximum Gasteiger partial charge on any atom is 0.335 e. The molecule has 0 aliphatic heterocycles. The molecule has 2 heterocycles. The van der Waals surface area contributed by atoms with Crippen molar-refractivity contribution in [3.05, 3.63) is 53.5 Å². The third-order valence-electron chi connectivity index (χ3n) is 3.58. The number of nitrogens with zero attached hydrogens (tertiary/aromatic N) is 3. The molecule has 0 radical (unpaired) electrons. The van der Waals surface area contributed by atoms with Crippen molar-refractivity contribution in [2.24, 2.45) is 0 Å². The molecule has 0 atom stereocenters. The second-order valence-electron chi connectivity index (χ2n) is 5.14. The number of carboxylic acid groups (broad SMARTS) is 1. The number of aryl methyl sites for hydroxylation is 1. The highest BCUT2D eigenvalue weighted by Crippen LogP contribution is 2.25. The van der Waals surface area contributed by atoms with Crippen LogP contribution in [0.5, 0.6) is 0 Å². The normalized spacial score (nSPS) is 10.1. The SMILES string of the molecule is CC.CC(=O)c1cn2ncnc(Nc3cccc(C(=O)O)c3)c2c1C. The molecule has 130 valence electrons. The van der Waals surface area contributed by atoms with Crippen molar-refractivity contribution >= 4 is 28.8 Å². The van der Waals surface area contributed by atoms with Gasteiger partial charge in [0, 0.05) is 17.4 Å². The highest BCUT2D eigenvalue weighted by Gasteiger charge is 2.15. The minimum atomic E-state index is -1.00. The summed E-state index contributed by atoms with van der Waals surface area (Å²) < 4.78 is 1.59. The van der Waals surface area contributed by atoms with Crippen molar-refractivity contribution in [3.63, 3.8) is 0 Å². The molecule has 2 N–H and O–H groups in total. The van der Waals surface area contributed by atoms with Crippen LogP contribution < -0.4 is 5.32 Å². The van der Waals surface area contributed by atoms with Crippen molar-refractivity contribution in [3.8, 4) is 0 Å². The van der Waals surface area contributed by atoms with Gasteiger partial charge in [-0.3, -0.25) is 4.79 Å². The second kappa shape index (κ2) is 7.57. The van der Waals surface area contributed by atoms with Crippen molar-refractivity contribution in [2.45, 2.75) is 27.7 Å². The Hall–Kier alpha value is -3.22. The van der Waals surface area contributed by atoms with Crippen LogP contribution in [0.15, 0.2) is 36.8 Å². The Balaban J connectivity index is 0.00000109. The van der Waals surface area contributed by atoms with Gasteiger partial charge in [-0.2, -0.15) is 5.10 Å². The average Bonchev–Trinajstić information content (AvgIpc) is 2.95. The number of benzene rings is 1. The molecule has 0 saturated heterocycles. The molecular formula is C18H20N4O3. The number of anilines is 2. The van der Waals surface area contributed by atoms with Gasteiger partial charge in [0.1, 0.15) is 11.8 Å². The minimum absolute atomic E-state index is 0.0492. The summed E-state index contributed by atoms with van der Waals surface area (Å²) in [5, 5.41) is 16.3. The predicted octanol–water partition coefficient (Wildman–Crippen LogP) is 3.71. The minimum Gasteiger partial charge on any atom is -0.478 e. The molecule has 7 nitrogen and oxygen atoms in total. The molecule has 3 rings (SSSR count). The smallest absolute Gasteiger partial charge is 0.335 e. The van der Waals surface area contributed by atoms with E-state index in [4.69, 9.17) is 5.11 Å². The van der Waals surface area contributed by atoms with Crippen LogP contribution in [0, 0.1) is 6.92 Å². The van der Waals surface area contributed by atoms with Gasteiger partial charge in [0.05, 0.1) is 5.56 Å². The molecule has 0 fully saturated rings. The quantitative estimate of drug-likeness (QED) is 0.703. The molecule has 7 heteroatoms. The number of aromatic nitrogens is 3. The number of fused-ring (bicyclic) bond motifs is 1. The van der Waals surface area contributed by atoms with Gasteiger partial charge in [-0.05, 0) is 37.6 Å². The summed E-state index contributed by atoms with van der Waals surface area (Å²) in [6, 6.07) is 6.43. The molecular weight excluding hydrogens is 320 g/mol. The highest BCUT2D eigenvalue weighted by atomic mass is 16.4. The van der Waals surface area contributed by atoms with E-state index in [1.54, 1.807) is 22.8 Å². The van der Waals surface area contributed by atoms with E-state index in [0.717, 1.165) is 5.56 Å². The number of aromatic carboxylic acids is 1. The summed E-state index contributed by atoms with van der Waals surface area (Å²) >= 11 is 0. The third kappa shape index (κ3) is 3.65. The van der Waals surface area contributed by atoms with E-state index in [2.05, 4.69) is 15.4 Å². The number of Topliss-reactive ketones (excluding diaryl/α,β-unsaturated/α-hetero) is 1. The molecule has 0 spiro atoms. The summed E-state index contributed by atoms with van der Waals surface area (Å²) in [7, 11) is 0. The highest BCUT2D eigenvalue weighted by molar-refractivity contribution is 5.99. The molecule has 0 amide bonds. The summed E-state index contributed by atoms with van der Waals surface area (Å²) in [4.78, 5) is 26.9. The van der Waals surface area contributed by atoms with Gasteiger partial charge in [0.15, 0.2) is 11.6 Å². The van der Waals surface area contributed by atoms with Crippen molar-refractivity contribution in [2.75, 3.05) is 5.32 Å². The standard InChI is InChI=1S/C16H14N4O3.C2H6/c1-9-13(10(2)21)7-20-14(9)15(17-8-18-20)19-12-5-3-4-11(6-12)16(22)23;1-2/h3-8H,1-2H3,(H,22,23)(H,17,18,19);1-2H3. The Labute approximate surface area is 145 Å². The van der Waals surface area contributed by atoms with Crippen LogP contribution in [0.3, 0.4) is 0 Å². The van der Waals surface area contributed by atoms with Gasteiger partial charge in [0.2, 0.25) is 0 Å². The maximum atomic E-state index is 11.7. The molecule has 0 aliphatic carbocycles. The third-order valence-corrected chi connectivity index (χ3v) is 3.58. The lowest BCUT2D eigenvalue weighted by atomic mass is 10.1. The number of carboxylic acids is 1. The van der Waals surface area contributed by atoms with E-state index in [0.29, 0.717) is 22.6 Å². The van der Waals surface area contributed by atoms with Crippen molar-refractivity contribution in [1.29, 1.82) is 0 Å². The van der Waals surface area contributed by atoms with Crippen LogP contribution in [0.1, 0.15) is 47.1 Å². The molecule has 25 heavy (non-hydrogen) atoms. The van der Waals surface area contributed by atoms with E-state index in [1.165, 1.54) is 25.4 Å². The first-order valence-electron chi connectivity index (χ1n) is 7.91. The molecule has 3 aromatic rings. The van der Waals surface area contributed by atoms with E-state index in [-0.39, 0.29) is 11.3 Å². The fourth-order valence-corrected chi connectivity index (χ4v) is 2.47. The number of hydrogen-bond donors (Lipinski definition) is 2. The van der Waals surface area contributed by atoms with Crippen LogP contribution >= 0.6 is 0 Å². The van der Waals surface area contributed by atoms with Crippen LogP contribution in [0.4, 0.5) is 11.5 Å².